The van der Waals surface area contributed by atoms with Crippen LogP contribution >= 0.6 is 0 Å². The first-order valence-corrected chi connectivity index (χ1v) is 22.6. The molecule has 57 heavy (non-hydrogen) atoms. The maximum Gasteiger partial charge on any atom is 0.236 e. The highest BCUT2D eigenvalue weighted by Gasteiger charge is 2.49. The van der Waals surface area contributed by atoms with Crippen LogP contribution in [0.4, 0.5) is 0 Å². The van der Waals surface area contributed by atoms with E-state index in [0.717, 1.165) is 110 Å². The monoisotopic (exact) mass is 779 g/mol. The second-order valence-electron chi connectivity index (χ2n) is 16.8. The predicted octanol–water partition coefficient (Wildman–Crippen LogP) is 12.6. The Hall–Kier alpha value is -3.74. The second-order valence-corrected chi connectivity index (χ2v) is 16.8. The number of aliphatic hydroxyl groups is 2. The van der Waals surface area contributed by atoms with Gasteiger partial charge in [0.2, 0.25) is 11.8 Å². The zero-order chi connectivity index (χ0) is 41.3. The van der Waals surface area contributed by atoms with Gasteiger partial charge in [-0.15, -0.1) is 0 Å². The number of rotatable bonds is 26. The maximum absolute atomic E-state index is 15.3. The molecule has 6 heteroatoms. The molecule has 0 radical (unpaired) electrons. The fourth-order valence-electron chi connectivity index (χ4n) is 9.09. The Bertz CT molecular complexity index is 1670. The number of hydrogen-bond donors (Lipinski definition) is 4. The number of carbonyl (C=O) groups is 2. The minimum atomic E-state index is -1.45. The average molecular weight is 779 g/mol. The lowest BCUT2D eigenvalue weighted by molar-refractivity contribution is -0.148. The largest absolute Gasteiger partial charge is 0.387 e. The van der Waals surface area contributed by atoms with Gasteiger partial charge in [0.25, 0.3) is 0 Å². The minimum absolute atomic E-state index is 0.264. The van der Waals surface area contributed by atoms with E-state index in [1.54, 1.807) is 0 Å². The fraction of sp³-hybridized carbons (Fsp3) is 0.569. The number of unbranched alkanes of at least 4 members (excludes halogenated alkanes) is 8. The summed E-state index contributed by atoms with van der Waals surface area (Å²) in [6.45, 7) is 12.5. The van der Waals surface area contributed by atoms with E-state index >= 15 is 9.59 Å². The Balaban J connectivity index is 1.84. The molecule has 0 fully saturated rings. The topological polar surface area (TPSA) is 98.7 Å². The van der Waals surface area contributed by atoms with Gasteiger partial charge < -0.3 is 20.8 Å². The van der Waals surface area contributed by atoms with E-state index in [-0.39, 0.29) is 24.7 Å². The van der Waals surface area contributed by atoms with Gasteiger partial charge in [-0.25, -0.2) is 0 Å². The van der Waals surface area contributed by atoms with E-state index in [9.17, 15) is 10.2 Å². The second kappa shape index (κ2) is 22.4. The van der Waals surface area contributed by atoms with Crippen LogP contribution in [0, 0.1) is 5.41 Å². The Kier molecular flexibility index (Phi) is 18.1. The summed E-state index contributed by atoms with van der Waals surface area (Å²) in [7, 11) is 0. The lowest BCUT2D eigenvalue weighted by Crippen LogP contribution is -2.57. The first-order chi connectivity index (χ1) is 27.6. The van der Waals surface area contributed by atoms with Crippen molar-refractivity contribution in [1.29, 1.82) is 0 Å². The standard InChI is InChI=1S/C51H74N2O4/c1-7-13-21-35-50(56,36-22-14-8-2)45(43-33-25-29-39-27-17-19-31-41(39)43)52-47(54)49(11-5,12-6)48(55)53-46(44-34-26-30-40-28-18-20-32-42(40)44)51(57,37-23-15-9-3)38-24-16-10-4/h17-20,25-34,45-46,56-57H,7-16,21-24,35-38H2,1-6H3,(H,52,54)(H,53,55)/t45-,46-/m0/s1. The maximum atomic E-state index is 15.3. The molecule has 0 aromatic heterocycles. The first kappa shape index (κ1) is 46.0. The number of nitrogens with one attached hydrogen (secondary N) is 2. The van der Waals surface area contributed by atoms with Crippen molar-refractivity contribution in [3.63, 3.8) is 0 Å². The van der Waals surface area contributed by atoms with E-state index < -0.39 is 28.7 Å². The van der Waals surface area contributed by atoms with Gasteiger partial charge >= 0.3 is 0 Å². The third-order valence-corrected chi connectivity index (χ3v) is 12.8. The Morgan fingerprint density at radius 2 is 0.789 bits per heavy atom. The van der Waals surface area contributed by atoms with Gasteiger partial charge in [0.15, 0.2) is 0 Å². The van der Waals surface area contributed by atoms with Crippen molar-refractivity contribution >= 4 is 33.4 Å². The molecule has 6 nitrogen and oxygen atoms in total. The van der Waals surface area contributed by atoms with Crippen LogP contribution in [0.1, 0.15) is 180 Å². The molecule has 4 aromatic carbocycles. The number of fused-ring (bicyclic) bond motifs is 2. The molecule has 0 heterocycles. The third kappa shape index (κ3) is 11.3. The van der Waals surface area contributed by atoms with Crippen LogP contribution in [0.25, 0.3) is 21.5 Å². The average Bonchev–Trinajstić information content (AvgIpc) is 3.22. The van der Waals surface area contributed by atoms with Gasteiger partial charge in [0, 0.05) is 0 Å². The molecule has 0 aliphatic carbocycles. The highest BCUT2D eigenvalue weighted by atomic mass is 16.3. The highest BCUT2D eigenvalue weighted by molar-refractivity contribution is 6.05. The van der Waals surface area contributed by atoms with Gasteiger partial charge in [0.1, 0.15) is 5.41 Å². The summed E-state index contributed by atoms with van der Waals surface area (Å²) in [6.07, 6.45) is 14.1. The molecule has 4 rings (SSSR count). The van der Waals surface area contributed by atoms with Crippen molar-refractivity contribution in [3.8, 4) is 0 Å². The van der Waals surface area contributed by atoms with Crippen molar-refractivity contribution < 1.29 is 19.8 Å². The van der Waals surface area contributed by atoms with Crippen LogP contribution in [0.15, 0.2) is 84.9 Å². The predicted molar refractivity (Wildman–Crippen MR) is 239 cm³/mol. The summed E-state index contributed by atoms with van der Waals surface area (Å²) in [5.74, 6) is -0.769. The molecule has 312 valence electrons. The molecule has 2 atom stereocenters. The smallest absolute Gasteiger partial charge is 0.236 e. The van der Waals surface area contributed by atoms with Crippen LogP contribution < -0.4 is 10.6 Å². The van der Waals surface area contributed by atoms with E-state index in [1.165, 1.54) is 0 Å². The lowest BCUT2D eigenvalue weighted by Gasteiger charge is -2.42. The number of benzene rings is 4. The molecule has 0 bridgehead atoms. The third-order valence-electron chi connectivity index (χ3n) is 12.8. The van der Waals surface area contributed by atoms with Crippen LogP contribution in [-0.2, 0) is 9.59 Å². The van der Waals surface area contributed by atoms with Crippen LogP contribution in [0.5, 0.6) is 0 Å². The van der Waals surface area contributed by atoms with Crippen LogP contribution in [0.3, 0.4) is 0 Å². The zero-order valence-corrected chi connectivity index (χ0v) is 36.2. The van der Waals surface area contributed by atoms with E-state index in [4.69, 9.17) is 0 Å². The van der Waals surface area contributed by atoms with E-state index in [0.29, 0.717) is 25.7 Å². The minimum Gasteiger partial charge on any atom is -0.387 e. The van der Waals surface area contributed by atoms with Crippen LogP contribution in [0.2, 0.25) is 0 Å². The molecule has 2 amide bonds. The van der Waals surface area contributed by atoms with Gasteiger partial charge in [-0.3, -0.25) is 9.59 Å². The molecule has 0 unspecified atom stereocenters. The first-order valence-electron chi connectivity index (χ1n) is 22.6. The van der Waals surface area contributed by atoms with Crippen molar-refractivity contribution in [2.24, 2.45) is 5.41 Å². The lowest BCUT2D eigenvalue weighted by atomic mass is 9.75. The summed E-state index contributed by atoms with van der Waals surface area (Å²) < 4.78 is 0. The van der Waals surface area contributed by atoms with Gasteiger partial charge in [0.05, 0.1) is 23.3 Å². The number of carbonyl (C=O) groups excluding carboxylic acids is 2. The fourth-order valence-corrected chi connectivity index (χ4v) is 9.09. The SMILES string of the molecule is CCCCCC(O)(CCCCC)[C@@H](NC(=O)C(CC)(CC)C(=O)N[C@@H](c1cccc2ccccc12)C(O)(CCCCC)CCCCC)c1cccc2ccccc12. The molecule has 0 aliphatic rings. The Labute approximate surface area is 344 Å². The van der Waals surface area contributed by atoms with Crippen molar-refractivity contribution in [2.75, 3.05) is 0 Å². The Morgan fingerprint density at radius 3 is 1.11 bits per heavy atom. The number of amides is 2. The summed E-state index contributed by atoms with van der Waals surface area (Å²) in [5.41, 5.74) is -2.16. The normalized spacial score (nSPS) is 13.5. The molecular weight excluding hydrogens is 705 g/mol. The summed E-state index contributed by atoms with van der Waals surface area (Å²) in [4.78, 5) is 30.5. The Morgan fingerprint density at radius 1 is 0.474 bits per heavy atom. The van der Waals surface area contributed by atoms with Crippen molar-refractivity contribution in [1.82, 2.24) is 10.6 Å². The summed E-state index contributed by atoms with van der Waals surface area (Å²) in [6, 6.07) is 27.0. The van der Waals surface area contributed by atoms with Gasteiger partial charge in [-0.2, -0.15) is 0 Å². The molecule has 4 aromatic rings. The zero-order valence-electron chi connectivity index (χ0n) is 36.2. The van der Waals surface area contributed by atoms with E-state index in [2.05, 4.69) is 74.7 Å². The quantitative estimate of drug-likeness (QED) is 0.0377. The molecule has 0 saturated heterocycles. The van der Waals surface area contributed by atoms with Gasteiger partial charge in [-0.05, 0) is 71.2 Å². The molecule has 0 spiro atoms. The van der Waals surface area contributed by atoms with Crippen molar-refractivity contribution in [2.45, 2.75) is 180 Å². The molecule has 4 N–H and O–H groups in total. The summed E-state index contributed by atoms with van der Waals surface area (Å²) in [5, 5.41) is 36.6. The summed E-state index contributed by atoms with van der Waals surface area (Å²) >= 11 is 0. The van der Waals surface area contributed by atoms with Crippen molar-refractivity contribution in [3.05, 3.63) is 96.1 Å². The molecule has 0 aliphatic heterocycles. The molecule has 0 saturated carbocycles. The number of hydrogen-bond acceptors (Lipinski definition) is 4. The van der Waals surface area contributed by atoms with E-state index in [1.807, 2.05) is 62.4 Å². The highest BCUT2D eigenvalue weighted by Crippen LogP contribution is 2.42. The van der Waals surface area contributed by atoms with Crippen LogP contribution in [-0.4, -0.2) is 33.2 Å². The van der Waals surface area contributed by atoms with Gasteiger partial charge in [-0.1, -0.05) is 204 Å². The molecular formula is C51H74N2O4.